The van der Waals surface area contributed by atoms with Crippen molar-refractivity contribution in [1.29, 1.82) is 0 Å². The molecule has 0 bridgehead atoms. The number of amides is 2. The number of hydrogen-bond donors (Lipinski definition) is 1. The molecule has 0 aromatic heterocycles. The maximum Gasteiger partial charge on any atom is 0.411 e. The monoisotopic (exact) mass is 336 g/mol. The van der Waals surface area contributed by atoms with Gasteiger partial charge in [0, 0.05) is 32.6 Å². The zero-order valence-corrected chi connectivity index (χ0v) is 13.0. The van der Waals surface area contributed by atoms with E-state index in [1.54, 1.807) is 0 Å². The van der Waals surface area contributed by atoms with Crippen LogP contribution in [0.1, 0.15) is 32.1 Å². The van der Waals surface area contributed by atoms with Crippen molar-refractivity contribution in [3.8, 4) is 0 Å². The largest absolute Gasteiger partial charge is 0.411 e. The number of carbonyl (C=O) groups is 1. The molecule has 1 saturated carbocycles. The van der Waals surface area contributed by atoms with Crippen molar-refractivity contribution in [2.24, 2.45) is 5.92 Å². The number of morpholine rings is 1. The molecule has 2 aliphatic heterocycles. The molecule has 0 aromatic carbocycles. The Hall–Kier alpha value is -1.02. The molecule has 3 fully saturated rings. The quantitative estimate of drug-likeness (QED) is 0.860. The molecule has 8 heteroatoms. The van der Waals surface area contributed by atoms with Gasteiger partial charge in [-0.2, -0.15) is 13.2 Å². The molecule has 132 valence electrons. The number of alkyl halides is 3. The first kappa shape index (κ1) is 16.8. The van der Waals surface area contributed by atoms with E-state index in [0.29, 0.717) is 25.7 Å². The van der Waals surface area contributed by atoms with E-state index in [9.17, 15) is 18.0 Å². The van der Waals surface area contributed by atoms with Gasteiger partial charge in [0.05, 0.1) is 19.3 Å². The molecule has 1 aliphatic carbocycles. The van der Waals surface area contributed by atoms with Gasteiger partial charge in [-0.1, -0.05) is 12.8 Å². The van der Waals surface area contributed by atoms with E-state index in [1.807, 2.05) is 0 Å². The van der Waals surface area contributed by atoms with Gasteiger partial charge in [0.25, 0.3) is 0 Å². The highest BCUT2D eigenvalue weighted by molar-refractivity contribution is 5.75. The van der Waals surface area contributed by atoms with Crippen LogP contribution in [0.2, 0.25) is 0 Å². The van der Waals surface area contributed by atoms with Gasteiger partial charge in [0.15, 0.2) is 0 Å². The summed E-state index contributed by atoms with van der Waals surface area (Å²) in [7, 11) is 0. The fraction of sp³-hybridized carbons (Fsp3) is 0.933. The third kappa shape index (κ3) is 3.74. The molecule has 2 heterocycles. The lowest BCUT2D eigenvalue weighted by molar-refractivity contribution is -0.213. The summed E-state index contributed by atoms with van der Waals surface area (Å²) in [5, 5.41) is 2.29. The minimum atomic E-state index is -4.48. The Balaban J connectivity index is 1.69. The summed E-state index contributed by atoms with van der Waals surface area (Å²) >= 11 is 0. The highest BCUT2D eigenvalue weighted by atomic mass is 19.4. The van der Waals surface area contributed by atoms with Crippen LogP contribution in [0.4, 0.5) is 18.0 Å². The number of halogens is 3. The molecule has 3 rings (SSSR count). The Kier molecular flexibility index (Phi) is 4.73. The zero-order chi connectivity index (χ0) is 16.5. The second kappa shape index (κ2) is 6.47. The molecular weight excluding hydrogens is 313 g/mol. The van der Waals surface area contributed by atoms with Crippen molar-refractivity contribution >= 4 is 6.03 Å². The summed E-state index contributed by atoms with van der Waals surface area (Å²) < 4.78 is 51.0. The van der Waals surface area contributed by atoms with Crippen LogP contribution in [0.25, 0.3) is 0 Å². The fourth-order valence-corrected chi connectivity index (χ4v) is 3.33. The smallest absolute Gasteiger partial charge is 0.381 e. The van der Waals surface area contributed by atoms with E-state index < -0.39 is 17.7 Å². The highest BCUT2D eigenvalue weighted by Crippen LogP contribution is 2.39. The lowest BCUT2D eigenvalue weighted by atomic mass is 9.89. The van der Waals surface area contributed by atoms with Crippen molar-refractivity contribution < 1.29 is 27.4 Å². The van der Waals surface area contributed by atoms with Crippen molar-refractivity contribution in [3.05, 3.63) is 0 Å². The zero-order valence-electron chi connectivity index (χ0n) is 13.0. The fourth-order valence-electron chi connectivity index (χ4n) is 3.33. The average Bonchev–Trinajstić information content (AvgIpc) is 3.31. The summed E-state index contributed by atoms with van der Waals surface area (Å²) in [4.78, 5) is 14.1. The van der Waals surface area contributed by atoms with Crippen LogP contribution in [0.3, 0.4) is 0 Å². The van der Waals surface area contributed by atoms with E-state index in [0.717, 1.165) is 19.3 Å². The minimum absolute atomic E-state index is 0.00834. The Labute approximate surface area is 133 Å². The predicted octanol–water partition coefficient (Wildman–Crippen LogP) is 2.31. The lowest BCUT2D eigenvalue weighted by Crippen LogP contribution is -2.65. The van der Waals surface area contributed by atoms with Gasteiger partial charge >= 0.3 is 12.2 Å². The standard InChI is InChI=1S/C15H23F3N2O3/c16-15(17,18)14(3-6-22-7-4-14)19-13(21)20-5-8-23-10-12(20)9-11-1-2-11/h11-12H,1-10H2,(H,19,21). The van der Waals surface area contributed by atoms with E-state index in [2.05, 4.69) is 5.32 Å². The normalized spacial score (nSPS) is 28.5. The molecule has 5 nitrogen and oxygen atoms in total. The first-order valence-electron chi connectivity index (χ1n) is 8.22. The maximum atomic E-state index is 13.5. The molecular formula is C15H23F3N2O3. The van der Waals surface area contributed by atoms with Crippen LogP contribution >= 0.6 is 0 Å². The molecule has 3 aliphatic rings. The van der Waals surface area contributed by atoms with Crippen molar-refractivity contribution in [2.75, 3.05) is 33.0 Å². The van der Waals surface area contributed by atoms with Crippen LogP contribution in [0.15, 0.2) is 0 Å². The van der Waals surface area contributed by atoms with E-state index >= 15 is 0 Å². The van der Waals surface area contributed by atoms with Crippen LogP contribution in [-0.4, -0.2) is 61.7 Å². The summed E-state index contributed by atoms with van der Waals surface area (Å²) in [5.74, 6) is 0.580. The number of nitrogens with one attached hydrogen (secondary N) is 1. The molecule has 23 heavy (non-hydrogen) atoms. The van der Waals surface area contributed by atoms with Crippen LogP contribution in [0.5, 0.6) is 0 Å². The lowest BCUT2D eigenvalue weighted by Gasteiger charge is -2.43. The van der Waals surface area contributed by atoms with Gasteiger partial charge in [0.2, 0.25) is 0 Å². The SMILES string of the molecule is O=C(NC1(C(F)(F)F)CCOCC1)N1CCOCC1CC1CC1. The number of urea groups is 1. The summed E-state index contributed by atoms with van der Waals surface area (Å²) in [6, 6.07) is -0.750. The molecule has 1 unspecified atom stereocenters. The Morgan fingerprint density at radius 2 is 1.87 bits per heavy atom. The molecule has 0 radical (unpaired) electrons. The second-order valence-electron chi connectivity index (χ2n) is 6.72. The van der Waals surface area contributed by atoms with Crippen LogP contribution in [0, 0.1) is 5.92 Å². The first-order chi connectivity index (χ1) is 10.9. The Morgan fingerprint density at radius 3 is 2.48 bits per heavy atom. The Morgan fingerprint density at radius 1 is 1.17 bits per heavy atom. The first-order valence-corrected chi connectivity index (χ1v) is 8.22. The second-order valence-corrected chi connectivity index (χ2v) is 6.72. The van der Waals surface area contributed by atoms with Crippen molar-refractivity contribution in [2.45, 2.75) is 49.9 Å². The highest BCUT2D eigenvalue weighted by Gasteiger charge is 2.56. The van der Waals surface area contributed by atoms with E-state index in [4.69, 9.17) is 9.47 Å². The van der Waals surface area contributed by atoms with Crippen molar-refractivity contribution in [3.63, 3.8) is 0 Å². The maximum absolute atomic E-state index is 13.5. The number of rotatable bonds is 3. The van der Waals surface area contributed by atoms with Gasteiger partial charge in [-0.25, -0.2) is 4.79 Å². The van der Waals surface area contributed by atoms with Gasteiger partial charge < -0.3 is 19.7 Å². The summed E-state index contributed by atoms with van der Waals surface area (Å²) in [5.41, 5.74) is -2.18. The summed E-state index contributed by atoms with van der Waals surface area (Å²) in [6.45, 7) is 1.14. The predicted molar refractivity (Wildman–Crippen MR) is 76.0 cm³/mol. The number of hydrogen-bond acceptors (Lipinski definition) is 3. The van der Waals surface area contributed by atoms with E-state index in [1.165, 1.54) is 4.90 Å². The van der Waals surface area contributed by atoms with Gasteiger partial charge in [-0.15, -0.1) is 0 Å². The number of ether oxygens (including phenoxy) is 2. The molecule has 1 atom stereocenters. The van der Waals surface area contributed by atoms with E-state index in [-0.39, 0.29) is 32.1 Å². The third-order valence-electron chi connectivity index (χ3n) is 5.03. The molecule has 2 saturated heterocycles. The third-order valence-corrected chi connectivity index (χ3v) is 5.03. The average molecular weight is 336 g/mol. The van der Waals surface area contributed by atoms with Crippen LogP contribution < -0.4 is 5.32 Å². The Bertz CT molecular complexity index is 434. The number of nitrogens with zero attached hydrogens (tertiary/aromatic N) is 1. The minimum Gasteiger partial charge on any atom is -0.381 e. The van der Waals surface area contributed by atoms with Gasteiger partial charge in [-0.05, 0) is 12.3 Å². The van der Waals surface area contributed by atoms with Gasteiger partial charge in [0.1, 0.15) is 5.54 Å². The molecule has 1 N–H and O–H groups in total. The van der Waals surface area contributed by atoms with Gasteiger partial charge in [-0.3, -0.25) is 0 Å². The van der Waals surface area contributed by atoms with Crippen LogP contribution in [-0.2, 0) is 9.47 Å². The number of carbonyl (C=O) groups excluding carboxylic acids is 1. The summed E-state index contributed by atoms with van der Waals surface area (Å²) in [6.07, 6.45) is -1.87. The molecule has 0 spiro atoms. The van der Waals surface area contributed by atoms with Crippen molar-refractivity contribution in [1.82, 2.24) is 10.2 Å². The molecule has 2 amide bonds. The molecule has 0 aromatic rings. The topological polar surface area (TPSA) is 50.8 Å².